The van der Waals surface area contributed by atoms with Gasteiger partial charge in [-0.05, 0) is 59.3 Å². The number of nitrogens with one attached hydrogen (secondary N) is 1. The van der Waals surface area contributed by atoms with E-state index in [-0.39, 0.29) is 10.1 Å². The van der Waals surface area contributed by atoms with Crippen LogP contribution in [0.2, 0.25) is 0 Å². The topological polar surface area (TPSA) is 98.6 Å². The fourth-order valence-electron chi connectivity index (χ4n) is 2.33. The largest absolute Gasteiger partial charge is 0.497 e. The predicted octanol–water partition coefficient (Wildman–Crippen LogP) is 2.88. The maximum absolute atomic E-state index is 11.7. The van der Waals surface area contributed by atoms with Crippen LogP contribution in [0.4, 0.5) is 0 Å². The average Bonchev–Trinajstić information content (AvgIpc) is 3.12. The fraction of sp³-hybridized carbons (Fsp3) is 0.143. The number of amides is 1. The summed E-state index contributed by atoms with van der Waals surface area (Å²) in [5.74, 6) is 0.507. The molecule has 1 heterocycles. The van der Waals surface area contributed by atoms with Gasteiger partial charge in [-0.15, -0.1) is 5.10 Å². The van der Waals surface area contributed by atoms with Crippen molar-refractivity contribution in [3.63, 3.8) is 0 Å². The molecule has 0 aliphatic carbocycles. The predicted molar refractivity (Wildman–Crippen MR) is 115 cm³/mol. The highest BCUT2D eigenvalue weighted by Crippen LogP contribution is 2.23. The molecule has 1 aliphatic rings. The first-order valence-electron chi connectivity index (χ1n) is 8.83. The van der Waals surface area contributed by atoms with Gasteiger partial charge in [0.15, 0.2) is 5.17 Å². The molecule has 1 amide bonds. The maximum atomic E-state index is 11.7. The normalized spacial score (nSPS) is 16.1. The van der Waals surface area contributed by atoms with Crippen LogP contribution in [0.3, 0.4) is 0 Å². The zero-order chi connectivity index (χ0) is 21.3. The van der Waals surface area contributed by atoms with Gasteiger partial charge in [0.2, 0.25) is 0 Å². The Labute approximate surface area is 177 Å². The average molecular weight is 425 g/mol. The first-order valence-corrected chi connectivity index (χ1v) is 9.64. The molecule has 2 aromatic rings. The molecule has 1 saturated heterocycles. The number of methoxy groups -OCH3 is 2. The second-order valence-corrected chi connectivity index (χ2v) is 6.97. The third-order valence-corrected chi connectivity index (χ3v) is 4.80. The zero-order valence-corrected chi connectivity index (χ0v) is 17.1. The Hall–Kier alpha value is -3.59. The van der Waals surface area contributed by atoms with Crippen LogP contribution in [-0.2, 0) is 20.9 Å². The number of amidine groups is 1. The van der Waals surface area contributed by atoms with E-state index in [0.29, 0.717) is 6.61 Å². The zero-order valence-electron chi connectivity index (χ0n) is 16.3. The summed E-state index contributed by atoms with van der Waals surface area (Å²) < 4.78 is 15.4. The van der Waals surface area contributed by atoms with Crippen LogP contribution >= 0.6 is 11.8 Å². The number of nitrogens with zero attached hydrogens (tertiary/aromatic N) is 2. The monoisotopic (exact) mass is 425 g/mol. The number of hydrogen-bond acceptors (Lipinski definition) is 8. The summed E-state index contributed by atoms with van der Waals surface area (Å²) in [6, 6.07) is 15.0. The van der Waals surface area contributed by atoms with Gasteiger partial charge in [-0.1, -0.05) is 12.1 Å². The van der Waals surface area contributed by atoms with Gasteiger partial charge < -0.3 is 14.2 Å². The van der Waals surface area contributed by atoms with Gasteiger partial charge >= 0.3 is 5.97 Å². The molecular weight excluding hydrogens is 406 g/mol. The van der Waals surface area contributed by atoms with Crippen molar-refractivity contribution in [2.24, 2.45) is 10.2 Å². The number of carbonyl (C=O) groups is 2. The quantitative estimate of drug-likeness (QED) is 0.317. The summed E-state index contributed by atoms with van der Waals surface area (Å²) in [4.78, 5) is 23.2. The molecule has 0 aromatic heterocycles. The van der Waals surface area contributed by atoms with E-state index >= 15 is 0 Å². The molecule has 30 heavy (non-hydrogen) atoms. The lowest BCUT2D eigenvalue weighted by Crippen LogP contribution is -2.19. The summed E-state index contributed by atoms with van der Waals surface area (Å²) in [5, 5.41) is 10.7. The van der Waals surface area contributed by atoms with E-state index in [1.807, 2.05) is 48.5 Å². The number of benzene rings is 2. The molecule has 0 radical (unpaired) electrons. The first-order chi connectivity index (χ1) is 14.6. The Bertz CT molecular complexity index is 998. The van der Waals surface area contributed by atoms with Crippen molar-refractivity contribution >= 4 is 35.0 Å². The Kier molecular flexibility index (Phi) is 7.23. The Morgan fingerprint density at radius 1 is 1.07 bits per heavy atom. The number of esters is 1. The van der Waals surface area contributed by atoms with E-state index in [0.717, 1.165) is 40.5 Å². The van der Waals surface area contributed by atoms with Gasteiger partial charge in [-0.2, -0.15) is 5.10 Å². The van der Waals surface area contributed by atoms with Crippen molar-refractivity contribution in [1.82, 2.24) is 5.32 Å². The minimum Gasteiger partial charge on any atom is -0.497 e. The molecule has 1 aliphatic heterocycles. The molecule has 0 spiro atoms. The lowest BCUT2D eigenvalue weighted by Gasteiger charge is -2.07. The number of carbonyl (C=O) groups excluding carboxylic acids is 2. The van der Waals surface area contributed by atoms with Gasteiger partial charge in [0, 0.05) is 6.08 Å². The van der Waals surface area contributed by atoms with Crippen molar-refractivity contribution in [2.75, 3.05) is 14.2 Å². The number of thioether (sulfide) groups is 1. The molecule has 2 aromatic carbocycles. The van der Waals surface area contributed by atoms with Crippen molar-refractivity contribution in [1.29, 1.82) is 0 Å². The van der Waals surface area contributed by atoms with Crippen LogP contribution in [0, 0.1) is 0 Å². The third kappa shape index (κ3) is 5.95. The molecule has 9 heteroatoms. The van der Waals surface area contributed by atoms with Gasteiger partial charge in [0.1, 0.15) is 18.1 Å². The van der Waals surface area contributed by atoms with Crippen molar-refractivity contribution in [3.05, 3.63) is 70.6 Å². The highest BCUT2D eigenvalue weighted by molar-refractivity contribution is 8.18. The summed E-state index contributed by atoms with van der Waals surface area (Å²) in [6.45, 7) is 0.448. The number of ether oxygens (including phenoxy) is 3. The first kappa shape index (κ1) is 21.1. The molecule has 154 valence electrons. The summed E-state index contributed by atoms with van der Waals surface area (Å²) >= 11 is 1.01. The second-order valence-electron chi connectivity index (χ2n) is 5.94. The molecule has 0 atom stereocenters. The summed E-state index contributed by atoms with van der Waals surface area (Å²) in [6.07, 6.45) is 2.66. The molecule has 0 saturated carbocycles. The van der Waals surface area contributed by atoms with E-state index in [1.165, 1.54) is 7.11 Å². The molecule has 1 N–H and O–H groups in total. The van der Waals surface area contributed by atoms with E-state index in [1.54, 1.807) is 13.3 Å². The second kappa shape index (κ2) is 10.3. The van der Waals surface area contributed by atoms with Gasteiger partial charge in [-0.25, -0.2) is 4.79 Å². The number of rotatable bonds is 7. The van der Waals surface area contributed by atoms with Crippen LogP contribution in [0.25, 0.3) is 0 Å². The minimum atomic E-state index is -0.605. The molecule has 3 rings (SSSR count). The van der Waals surface area contributed by atoms with Gasteiger partial charge in [0.25, 0.3) is 5.91 Å². The molecule has 8 nitrogen and oxygen atoms in total. The van der Waals surface area contributed by atoms with Crippen LogP contribution < -0.4 is 14.8 Å². The van der Waals surface area contributed by atoms with Crippen molar-refractivity contribution in [2.45, 2.75) is 6.61 Å². The maximum Gasteiger partial charge on any atom is 0.331 e. The molecular formula is C21H19N3O5S. The Balaban J connectivity index is 1.53. The van der Waals surface area contributed by atoms with E-state index in [2.05, 4.69) is 20.3 Å². The standard InChI is InChI=1S/C21H19N3O5S/c1-27-16-7-5-15(6-8-16)13-29-17-9-3-14(4-10-17)12-22-24-21-23-20(26)18(30-21)11-19(25)28-2/h3-12H,13H2,1-2H3,(H,23,24,26)/b18-11-,22-12+. The highest BCUT2D eigenvalue weighted by atomic mass is 32.2. The smallest absolute Gasteiger partial charge is 0.331 e. The van der Waals surface area contributed by atoms with E-state index < -0.39 is 11.9 Å². The van der Waals surface area contributed by atoms with E-state index in [9.17, 15) is 9.59 Å². The van der Waals surface area contributed by atoms with Gasteiger partial charge in [0.05, 0.1) is 25.3 Å². The molecule has 1 fully saturated rings. The summed E-state index contributed by atoms with van der Waals surface area (Å²) in [5.41, 5.74) is 1.85. The SMILES string of the molecule is COC(=O)/C=C1\S/C(=N/N=C/c2ccc(OCc3ccc(OC)cc3)cc2)NC1=O. The fourth-order valence-corrected chi connectivity index (χ4v) is 3.07. The van der Waals surface area contributed by atoms with E-state index in [4.69, 9.17) is 9.47 Å². The lowest BCUT2D eigenvalue weighted by atomic mass is 10.2. The van der Waals surface area contributed by atoms with Crippen LogP contribution in [0.15, 0.2) is 69.7 Å². The van der Waals surface area contributed by atoms with Crippen LogP contribution in [0.5, 0.6) is 11.5 Å². The molecule has 0 unspecified atom stereocenters. The molecule has 0 bridgehead atoms. The minimum absolute atomic E-state index is 0.203. The van der Waals surface area contributed by atoms with Crippen LogP contribution in [-0.4, -0.2) is 37.5 Å². The Morgan fingerprint density at radius 3 is 2.43 bits per heavy atom. The highest BCUT2D eigenvalue weighted by Gasteiger charge is 2.24. The van der Waals surface area contributed by atoms with Crippen molar-refractivity contribution in [3.8, 4) is 11.5 Å². The van der Waals surface area contributed by atoms with Crippen molar-refractivity contribution < 1.29 is 23.8 Å². The Morgan fingerprint density at radius 2 is 1.77 bits per heavy atom. The summed E-state index contributed by atoms with van der Waals surface area (Å²) in [7, 11) is 2.87. The lowest BCUT2D eigenvalue weighted by molar-refractivity contribution is -0.135. The van der Waals surface area contributed by atoms with Gasteiger partial charge in [-0.3, -0.25) is 10.1 Å². The third-order valence-electron chi connectivity index (χ3n) is 3.90. The number of hydrogen-bond donors (Lipinski definition) is 1. The van der Waals surface area contributed by atoms with Crippen LogP contribution in [0.1, 0.15) is 11.1 Å².